The molecule has 0 aliphatic heterocycles. The van der Waals surface area contributed by atoms with E-state index >= 15 is 0 Å². The van der Waals surface area contributed by atoms with Gasteiger partial charge in [0.25, 0.3) is 0 Å². The summed E-state index contributed by atoms with van der Waals surface area (Å²) in [7, 11) is 0. The van der Waals surface area contributed by atoms with Crippen molar-refractivity contribution in [2.24, 2.45) is 0 Å². The molecule has 0 aliphatic carbocycles. The van der Waals surface area contributed by atoms with Crippen LogP contribution in [0.15, 0.2) is 36.4 Å². The second-order valence-electron chi connectivity index (χ2n) is 6.23. The Labute approximate surface area is 163 Å². The van der Waals surface area contributed by atoms with Gasteiger partial charge in [-0.25, -0.2) is 0 Å². The van der Waals surface area contributed by atoms with Crippen LogP contribution in [0.25, 0.3) is 0 Å². The van der Waals surface area contributed by atoms with Crippen LogP contribution in [-0.4, -0.2) is 11.8 Å². The van der Waals surface area contributed by atoms with Crippen LogP contribution in [0.2, 0.25) is 10.0 Å². The molecule has 0 spiro atoms. The molecular weight excluding hydrogens is 371 g/mol. The van der Waals surface area contributed by atoms with E-state index in [9.17, 15) is 9.59 Å². The molecule has 2 N–H and O–H groups in total. The summed E-state index contributed by atoms with van der Waals surface area (Å²) in [5, 5.41) is 6.86. The SMILES string of the molecule is Cc1ccc(NC(=O)CCCCC(=O)Nc2ccc(C)c(Cl)c2)cc1Cl. The van der Waals surface area contributed by atoms with Crippen LogP contribution in [0.1, 0.15) is 36.8 Å². The third-order valence-electron chi connectivity index (χ3n) is 3.97. The largest absolute Gasteiger partial charge is 0.326 e. The van der Waals surface area contributed by atoms with E-state index in [0.29, 0.717) is 47.1 Å². The zero-order chi connectivity index (χ0) is 19.1. The minimum atomic E-state index is -0.0874. The molecule has 0 atom stereocenters. The minimum absolute atomic E-state index is 0.0874. The van der Waals surface area contributed by atoms with Gasteiger partial charge in [0.15, 0.2) is 0 Å². The van der Waals surface area contributed by atoms with Crippen molar-refractivity contribution in [3.05, 3.63) is 57.6 Å². The van der Waals surface area contributed by atoms with Gasteiger partial charge in [-0.3, -0.25) is 9.59 Å². The molecule has 0 bridgehead atoms. The highest BCUT2D eigenvalue weighted by Gasteiger charge is 2.07. The second kappa shape index (κ2) is 9.60. The number of halogens is 2. The molecule has 4 nitrogen and oxygen atoms in total. The van der Waals surface area contributed by atoms with E-state index < -0.39 is 0 Å². The van der Waals surface area contributed by atoms with Gasteiger partial charge in [0, 0.05) is 34.3 Å². The van der Waals surface area contributed by atoms with Crippen LogP contribution in [0, 0.1) is 13.8 Å². The van der Waals surface area contributed by atoms with Gasteiger partial charge in [-0.2, -0.15) is 0 Å². The third kappa shape index (κ3) is 6.36. The molecule has 0 saturated carbocycles. The van der Waals surface area contributed by atoms with E-state index in [2.05, 4.69) is 10.6 Å². The van der Waals surface area contributed by atoms with Gasteiger partial charge in [0.05, 0.1) is 0 Å². The van der Waals surface area contributed by atoms with Gasteiger partial charge >= 0.3 is 0 Å². The fraction of sp³-hybridized carbons (Fsp3) is 0.300. The number of amides is 2. The number of aryl methyl sites for hydroxylation is 2. The second-order valence-corrected chi connectivity index (χ2v) is 7.05. The maximum atomic E-state index is 11.9. The first-order chi connectivity index (χ1) is 12.3. The lowest BCUT2D eigenvalue weighted by atomic mass is 10.1. The standard InChI is InChI=1S/C20H22Cl2N2O2/c1-13-7-9-15(11-17(13)21)23-19(25)5-3-4-6-20(26)24-16-10-8-14(2)18(22)12-16/h7-12H,3-6H2,1-2H3,(H,23,25)(H,24,26). The van der Waals surface area contributed by atoms with Crippen molar-refractivity contribution < 1.29 is 9.59 Å². The molecule has 0 aliphatic rings. The average molecular weight is 393 g/mol. The summed E-state index contributed by atoms with van der Waals surface area (Å²) in [5.41, 5.74) is 3.29. The van der Waals surface area contributed by atoms with Gasteiger partial charge < -0.3 is 10.6 Å². The number of carbonyl (C=O) groups excluding carboxylic acids is 2. The molecule has 2 rings (SSSR count). The molecule has 0 fully saturated rings. The van der Waals surface area contributed by atoms with Crippen molar-refractivity contribution in [1.82, 2.24) is 0 Å². The maximum Gasteiger partial charge on any atom is 0.224 e. The van der Waals surface area contributed by atoms with E-state index in [-0.39, 0.29) is 11.8 Å². The molecule has 138 valence electrons. The molecule has 2 aromatic carbocycles. The molecule has 0 saturated heterocycles. The maximum absolute atomic E-state index is 11.9. The fourth-order valence-corrected chi connectivity index (χ4v) is 2.72. The normalized spacial score (nSPS) is 10.5. The van der Waals surface area contributed by atoms with Crippen molar-refractivity contribution in [2.75, 3.05) is 10.6 Å². The smallest absolute Gasteiger partial charge is 0.224 e. The molecule has 0 unspecified atom stereocenters. The van der Waals surface area contributed by atoms with E-state index in [4.69, 9.17) is 23.2 Å². The monoisotopic (exact) mass is 392 g/mol. The number of rotatable bonds is 7. The molecule has 0 heterocycles. The lowest BCUT2D eigenvalue weighted by Crippen LogP contribution is -2.13. The van der Waals surface area contributed by atoms with E-state index in [0.717, 1.165) is 11.1 Å². The van der Waals surface area contributed by atoms with Crippen molar-refractivity contribution in [3.63, 3.8) is 0 Å². The molecule has 26 heavy (non-hydrogen) atoms. The first-order valence-corrected chi connectivity index (χ1v) is 9.23. The van der Waals surface area contributed by atoms with Crippen LogP contribution in [0.4, 0.5) is 11.4 Å². The Balaban J connectivity index is 1.68. The predicted octanol–water partition coefficient (Wildman–Crippen LogP) is 5.75. The molecule has 2 amide bonds. The van der Waals surface area contributed by atoms with Gasteiger partial charge in [-0.15, -0.1) is 0 Å². The van der Waals surface area contributed by atoms with Crippen molar-refractivity contribution in [3.8, 4) is 0 Å². The lowest BCUT2D eigenvalue weighted by Gasteiger charge is -2.08. The summed E-state index contributed by atoms with van der Waals surface area (Å²) in [6.45, 7) is 3.81. The first kappa shape index (κ1) is 20.3. The van der Waals surface area contributed by atoms with E-state index in [1.807, 2.05) is 38.1 Å². The number of benzene rings is 2. The van der Waals surface area contributed by atoms with Gasteiger partial charge in [-0.1, -0.05) is 35.3 Å². The molecule has 6 heteroatoms. The Morgan fingerprint density at radius 2 is 1.15 bits per heavy atom. The Morgan fingerprint density at radius 3 is 1.50 bits per heavy atom. The number of carbonyl (C=O) groups is 2. The van der Waals surface area contributed by atoms with Crippen molar-refractivity contribution in [2.45, 2.75) is 39.5 Å². The van der Waals surface area contributed by atoms with Crippen LogP contribution in [0.3, 0.4) is 0 Å². The number of hydrogen-bond acceptors (Lipinski definition) is 2. The number of hydrogen-bond donors (Lipinski definition) is 2. The first-order valence-electron chi connectivity index (χ1n) is 8.47. The Bertz CT molecular complexity index is 739. The Hall–Kier alpha value is -2.04. The average Bonchev–Trinajstić information content (AvgIpc) is 2.58. The van der Waals surface area contributed by atoms with E-state index in [1.54, 1.807) is 12.1 Å². The minimum Gasteiger partial charge on any atom is -0.326 e. The predicted molar refractivity (Wildman–Crippen MR) is 108 cm³/mol. The number of nitrogens with one attached hydrogen (secondary N) is 2. The van der Waals surface area contributed by atoms with Gasteiger partial charge in [0.2, 0.25) is 11.8 Å². The highest BCUT2D eigenvalue weighted by atomic mass is 35.5. The van der Waals surface area contributed by atoms with Gasteiger partial charge in [-0.05, 0) is 62.1 Å². The van der Waals surface area contributed by atoms with Crippen LogP contribution in [0.5, 0.6) is 0 Å². The summed E-state index contributed by atoms with van der Waals surface area (Å²) in [6, 6.07) is 10.8. The fourth-order valence-electron chi connectivity index (χ4n) is 2.36. The highest BCUT2D eigenvalue weighted by molar-refractivity contribution is 6.32. The lowest BCUT2D eigenvalue weighted by molar-refractivity contribution is -0.118. The van der Waals surface area contributed by atoms with Gasteiger partial charge in [0.1, 0.15) is 0 Å². The quantitative estimate of drug-likeness (QED) is 0.589. The molecule has 0 aromatic heterocycles. The summed E-state index contributed by atoms with van der Waals surface area (Å²) < 4.78 is 0. The Kier molecular flexibility index (Phi) is 7.49. The van der Waals surface area contributed by atoms with E-state index in [1.165, 1.54) is 0 Å². The summed E-state index contributed by atoms with van der Waals surface area (Å²) >= 11 is 12.1. The molecule has 2 aromatic rings. The summed E-state index contributed by atoms with van der Waals surface area (Å²) in [6.07, 6.45) is 1.98. The highest BCUT2D eigenvalue weighted by Crippen LogP contribution is 2.21. The number of unbranched alkanes of at least 4 members (excludes halogenated alkanes) is 1. The van der Waals surface area contributed by atoms with Crippen molar-refractivity contribution in [1.29, 1.82) is 0 Å². The van der Waals surface area contributed by atoms with Crippen LogP contribution >= 0.6 is 23.2 Å². The zero-order valence-electron chi connectivity index (χ0n) is 14.9. The molecule has 0 radical (unpaired) electrons. The molecular formula is C20H22Cl2N2O2. The van der Waals surface area contributed by atoms with Crippen LogP contribution in [-0.2, 0) is 9.59 Å². The van der Waals surface area contributed by atoms with Crippen molar-refractivity contribution >= 4 is 46.4 Å². The zero-order valence-corrected chi connectivity index (χ0v) is 16.4. The Morgan fingerprint density at radius 1 is 0.769 bits per heavy atom. The topological polar surface area (TPSA) is 58.2 Å². The van der Waals surface area contributed by atoms with Crippen LogP contribution < -0.4 is 10.6 Å². The summed E-state index contributed by atoms with van der Waals surface area (Å²) in [4.78, 5) is 23.9. The summed E-state index contributed by atoms with van der Waals surface area (Å²) in [5.74, 6) is -0.175. The number of anilines is 2. The third-order valence-corrected chi connectivity index (χ3v) is 4.78.